The molecule has 0 fully saturated rings. The second-order valence-electron chi connectivity index (χ2n) is 4.83. The summed E-state index contributed by atoms with van der Waals surface area (Å²) in [7, 11) is 0. The van der Waals surface area contributed by atoms with Crippen LogP contribution in [-0.2, 0) is 19.1 Å². The molecule has 0 spiro atoms. The van der Waals surface area contributed by atoms with E-state index in [2.05, 4.69) is 15.4 Å². The fraction of sp³-hybridized carbons (Fsp3) is 0.800. The van der Waals surface area contributed by atoms with E-state index in [4.69, 9.17) is 35.7 Å². The number of nitrogens with one attached hydrogen (secondary N) is 2. The standard InChI is InChI=1S/C7H10O7.2C4H11NO2/c8-5(9)1-2-14-4(7(12)13)3-6(10)11;2*6-3-1-5-2-4-7/h4H,1-3H2,(H,8,9)(H,10,11)(H,12,13);2*5-7H,1-4H2. The number of aliphatic hydroxyl groups excluding tert-OH is 4. The van der Waals surface area contributed by atoms with Gasteiger partial charge in [0.15, 0.2) is 6.10 Å². The Bertz CT molecular complexity index is 365. The molecule has 0 aliphatic heterocycles. The van der Waals surface area contributed by atoms with E-state index in [1.807, 2.05) is 0 Å². The van der Waals surface area contributed by atoms with E-state index in [0.717, 1.165) is 0 Å². The third-order valence-corrected chi connectivity index (χ3v) is 2.42. The van der Waals surface area contributed by atoms with E-state index in [1.165, 1.54) is 0 Å². The number of aliphatic hydroxyl groups is 4. The van der Waals surface area contributed by atoms with Crippen molar-refractivity contribution in [2.75, 3.05) is 59.2 Å². The van der Waals surface area contributed by atoms with Crippen LogP contribution in [0.3, 0.4) is 0 Å². The average Bonchev–Trinajstić information content (AvgIpc) is 2.62. The molecule has 0 radical (unpaired) electrons. The molecule has 0 amide bonds. The summed E-state index contributed by atoms with van der Waals surface area (Å²) in [5.74, 6) is -3.87. The van der Waals surface area contributed by atoms with Crippen LogP contribution < -0.4 is 10.6 Å². The summed E-state index contributed by atoms with van der Waals surface area (Å²) >= 11 is 0. The summed E-state index contributed by atoms with van der Waals surface area (Å²) in [5.41, 5.74) is 0. The van der Waals surface area contributed by atoms with E-state index in [0.29, 0.717) is 26.2 Å². The zero-order valence-corrected chi connectivity index (χ0v) is 15.6. The molecular formula is C15H32N2O11. The molecule has 13 nitrogen and oxygen atoms in total. The largest absolute Gasteiger partial charge is 0.481 e. The quantitative estimate of drug-likeness (QED) is 0.118. The highest BCUT2D eigenvalue weighted by Crippen LogP contribution is 2.00. The van der Waals surface area contributed by atoms with Gasteiger partial charge in [-0.15, -0.1) is 0 Å². The Balaban J connectivity index is -0.000000375. The van der Waals surface area contributed by atoms with Crippen molar-refractivity contribution in [1.82, 2.24) is 10.6 Å². The van der Waals surface area contributed by atoms with E-state index in [1.54, 1.807) is 0 Å². The van der Waals surface area contributed by atoms with Crippen LogP contribution in [-0.4, -0.2) is 119 Å². The molecule has 1 unspecified atom stereocenters. The second kappa shape index (κ2) is 25.1. The Kier molecular flexibility index (Phi) is 27.7. The van der Waals surface area contributed by atoms with Gasteiger partial charge in [0.05, 0.1) is 45.9 Å². The minimum Gasteiger partial charge on any atom is -0.481 e. The van der Waals surface area contributed by atoms with Crippen molar-refractivity contribution in [3.05, 3.63) is 0 Å². The Hall–Kier alpha value is -1.87. The highest BCUT2D eigenvalue weighted by Gasteiger charge is 2.21. The van der Waals surface area contributed by atoms with Gasteiger partial charge in [-0.3, -0.25) is 9.59 Å². The van der Waals surface area contributed by atoms with Gasteiger partial charge in [0, 0.05) is 26.2 Å². The van der Waals surface area contributed by atoms with Gasteiger partial charge in [0.1, 0.15) is 0 Å². The van der Waals surface area contributed by atoms with Gasteiger partial charge < -0.3 is 51.1 Å². The molecule has 0 aromatic heterocycles. The van der Waals surface area contributed by atoms with Crippen LogP contribution in [0.4, 0.5) is 0 Å². The van der Waals surface area contributed by atoms with Gasteiger partial charge in [-0.25, -0.2) is 4.79 Å². The van der Waals surface area contributed by atoms with Gasteiger partial charge in [-0.05, 0) is 0 Å². The van der Waals surface area contributed by atoms with Gasteiger partial charge in [-0.1, -0.05) is 0 Å². The highest BCUT2D eigenvalue weighted by molar-refractivity contribution is 5.79. The molecule has 168 valence electrons. The molecule has 0 aromatic rings. The molecular weight excluding hydrogens is 384 g/mol. The van der Waals surface area contributed by atoms with Crippen LogP contribution in [0.15, 0.2) is 0 Å². The zero-order valence-electron chi connectivity index (χ0n) is 15.6. The van der Waals surface area contributed by atoms with Crippen LogP contribution in [0.5, 0.6) is 0 Å². The molecule has 28 heavy (non-hydrogen) atoms. The maximum Gasteiger partial charge on any atom is 0.333 e. The Morgan fingerprint density at radius 2 is 1.11 bits per heavy atom. The summed E-state index contributed by atoms with van der Waals surface area (Å²) in [6.45, 7) is 2.52. The van der Waals surface area contributed by atoms with E-state index < -0.39 is 30.4 Å². The number of carboxylic acid groups (broad SMARTS) is 3. The summed E-state index contributed by atoms with van der Waals surface area (Å²) in [4.78, 5) is 30.6. The zero-order chi connectivity index (χ0) is 22.2. The maximum atomic E-state index is 10.4. The van der Waals surface area contributed by atoms with Crippen molar-refractivity contribution >= 4 is 17.9 Å². The van der Waals surface area contributed by atoms with E-state index in [-0.39, 0.29) is 39.5 Å². The molecule has 9 N–H and O–H groups in total. The fourth-order valence-corrected chi connectivity index (χ4v) is 1.23. The molecule has 0 saturated carbocycles. The molecule has 0 heterocycles. The van der Waals surface area contributed by atoms with Crippen LogP contribution >= 0.6 is 0 Å². The molecule has 0 aliphatic carbocycles. The van der Waals surface area contributed by atoms with Crippen LogP contribution in [0.1, 0.15) is 12.8 Å². The normalized spacial score (nSPS) is 10.7. The minimum atomic E-state index is -1.49. The topological polar surface area (TPSA) is 226 Å². The first-order valence-electron chi connectivity index (χ1n) is 8.39. The highest BCUT2D eigenvalue weighted by atomic mass is 16.5. The fourth-order valence-electron chi connectivity index (χ4n) is 1.23. The summed E-state index contributed by atoms with van der Waals surface area (Å²) < 4.78 is 4.56. The third kappa shape index (κ3) is 31.9. The number of rotatable bonds is 15. The lowest BCUT2D eigenvalue weighted by atomic mass is 10.2. The lowest BCUT2D eigenvalue weighted by Gasteiger charge is -2.09. The van der Waals surface area contributed by atoms with Crippen LogP contribution in [0.25, 0.3) is 0 Å². The monoisotopic (exact) mass is 416 g/mol. The molecule has 0 aromatic carbocycles. The molecule has 0 rings (SSSR count). The number of ether oxygens (including phenoxy) is 1. The van der Waals surface area contributed by atoms with E-state index in [9.17, 15) is 14.4 Å². The van der Waals surface area contributed by atoms with Gasteiger partial charge in [0.2, 0.25) is 0 Å². The van der Waals surface area contributed by atoms with Gasteiger partial charge >= 0.3 is 17.9 Å². The summed E-state index contributed by atoms with van der Waals surface area (Å²) in [6.07, 6.45) is -2.54. The van der Waals surface area contributed by atoms with Crippen molar-refractivity contribution in [1.29, 1.82) is 0 Å². The van der Waals surface area contributed by atoms with Crippen LogP contribution in [0, 0.1) is 0 Å². The average molecular weight is 416 g/mol. The Morgan fingerprint density at radius 1 is 0.714 bits per heavy atom. The van der Waals surface area contributed by atoms with Crippen molar-refractivity contribution < 1.29 is 54.9 Å². The smallest absolute Gasteiger partial charge is 0.333 e. The second-order valence-corrected chi connectivity index (χ2v) is 4.83. The van der Waals surface area contributed by atoms with Gasteiger partial charge in [0.25, 0.3) is 0 Å². The lowest BCUT2D eigenvalue weighted by molar-refractivity contribution is -0.158. The molecule has 0 bridgehead atoms. The molecule has 0 aliphatic rings. The lowest BCUT2D eigenvalue weighted by Crippen LogP contribution is -2.27. The Morgan fingerprint density at radius 3 is 1.36 bits per heavy atom. The minimum absolute atomic E-state index is 0.139. The van der Waals surface area contributed by atoms with Crippen molar-refractivity contribution in [2.24, 2.45) is 0 Å². The third-order valence-electron chi connectivity index (χ3n) is 2.42. The van der Waals surface area contributed by atoms with Crippen LogP contribution in [0.2, 0.25) is 0 Å². The number of carboxylic acids is 3. The molecule has 0 saturated heterocycles. The van der Waals surface area contributed by atoms with Gasteiger partial charge in [-0.2, -0.15) is 0 Å². The maximum absolute atomic E-state index is 10.4. The Labute approximate surface area is 162 Å². The van der Waals surface area contributed by atoms with E-state index >= 15 is 0 Å². The van der Waals surface area contributed by atoms with Crippen molar-refractivity contribution in [3.63, 3.8) is 0 Å². The first-order chi connectivity index (χ1) is 13.3. The predicted octanol–water partition coefficient (Wildman–Crippen LogP) is -3.47. The number of hydrogen-bond acceptors (Lipinski definition) is 10. The molecule has 13 heteroatoms. The number of carbonyl (C=O) groups is 3. The number of aliphatic carboxylic acids is 3. The summed E-state index contributed by atoms with van der Waals surface area (Å²) in [6, 6.07) is 0. The summed E-state index contributed by atoms with van der Waals surface area (Å²) in [5, 5.41) is 63.1. The SMILES string of the molecule is O=C(O)CCOC(CC(=O)O)C(=O)O.OCCNCCO.OCCNCCO. The number of hydrogen-bond donors (Lipinski definition) is 9. The molecule has 1 atom stereocenters. The first kappa shape index (κ1) is 30.8. The predicted molar refractivity (Wildman–Crippen MR) is 96.0 cm³/mol. The first-order valence-corrected chi connectivity index (χ1v) is 8.39. The van der Waals surface area contributed by atoms with Crippen molar-refractivity contribution in [3.8, 4) is 0 Å². The van der Waals surface area contributed by atoms with Crippen molar-refractivity contribution in [2.45, 2.75) is 18.9 Å².